The summed E-state index contributed by atoms with van der Waals surface area (Å²) < 4.78 is 22.2. The highest BCUT2D eigenvalue weighted by Crippen LogP contribution is 2.43. The van der Waals surface area contributed by atoms with E-state index in [-0.39, 0.29) is 23.3 Å². The molecular weight excluding hydrogens is 504 g/mol. The maximum atomic E-state index is 7.33. The number of nitrogens with zero attached hydrogens (tertiary/aromatic N) is 4. The number of para-hydroxylation sites is 2. The molecule has 0 N–H and O–H groups in total. The van der Waals surface area contributed by atoms with Crippen molar-refractivity contribution in [2.75, 3.05) is 13.7 Å². The van der Waals surface area contributed by atoms with E-state index in [9.17, 15) is 0 Å². The second kappa shape index (κ2) is 10.4. The molecule has 1 aliphatic heterocycles. The Bertz CT molecular complexity index is 1430. The van der Waals surface area contributed by atoms with E-state index in [2.05, 4.69) is 104 Å². The van der Waals surface area contributed by atoms with E-state index in [1.54, 1.807) is 0 Å². The summed E-state index contributed by atoms with van der Waals surface area (Å²) in [5, 5.41) is 0.0258. The number of likely N-dealkylation sites (N-methyl/N-ethyl adjacent to an activating group) is 1. The Morgan fingerprint density at radius 1 is 1.08 bits per heavy atom. The third-order valence-electron chi connectivity index (χ3n) is 8.23. The number of hydrogen-bond donors (Lipinski definition) is 0. The second-order valence-corrected chi connectivity index (χ2v) is 17.4. The van der Waals surface area contributed by atoms with Crippen molar-refractivity contribution in [1.29, 1.82) is 0 Å². The van der Waals surface area contributed by atoms with Crippen molar-refractivity contribution in [2.45, 2.75) is 83.3 Å². The molecule has 7 nitrogen and oxygen atoms in total. The summed E-state index contributed by atoms with van der Waals surface area (Å²) in [5.74, 6) is 0.0131. The van der Waals surface area contributed by atoms with E-state index in [0.717, 1.165) is 23.3 Å². The van der Waals surface area contributed by atoms with E-state index in [1.165, 1.54) is 5.56 Å². The zero-order valence-corrected chi connectivity index (χ0v) is 25.5. The smallest absolute Gasteiger partial charge is 0.235 e. The van der Waals surface area contributed by atoms with Crippen LogP contribution in [0.25, 0.3) is 16.8 Å². The number of ether oxygens (including phenoxy) is 2. The van der Waals surface area contributed by atoms with E-state index < -0.39 is 14.1 Å². The second-order valence-electron chi connectivity index (χ2n) is 12.7. The zero-order valence-electron chi connectivity index (χ0n) is 24.5. The molecule has 3 heterocycles. The van der Waals surface area contributed by atoms with Crippen LogP contribution in [0.3, 0.4) is 0 Å². The van der Waals surface area contributed by atoms with Crippen LogP contribution >= 0.6 is 0 Å². The average molecular weight is 547 g/mol. The molecule has 4 aromatic rings. The number of aromatic nitrogens is 3. The van der Waals surface area contributed by atoms with E-state index in [1.807, 2.05) is 32.2 Å². The number of rotatable bonds is 8. The van der Waals surface area contributed by atoms with Gasteiger partial charge >= 0.3 is 0 Å². The molecule has 2 aromatic carbocycles. The van der Waals surface area contributed by atoms with Crippen LogP contribution in [0.5, 0.6) is 0 Å². The lowest BCUT2D eigenvalue weighted by Gasteiger charge is -2.45. The van der Waals surface area contributed by atoms with E-state index >= 15 is 0 Å². The number of fused-ring (bicyclic) bond motifs is 3. The van der Waals surface area contributed by atoms with Crippen molar-refractivity contribution < 1.29 is 13.9 Å². The van der Waals surface area contributed by atoms with Gasteiger partial charge in [-0.1, -0.05) is 63.2 Å². The van der Waals surface area contributed by atoms with Crippen LogP contribution in [0.4, 0.5) is 0 Å². The van der Waals surface area contributed by atoms with Gasteiger partial charge in [-0.15, -0.1) is 0 Å². The summed E-state index contributed by atoms with van der Waals surface area (Å²) in [4.78, 5) is 11.9. The Morgan fingerprint density at radius 2 is 1.77 bits per heavy atom. The molecule has 39 heavy (non-hydrogen) atoms. The summed E-state index contributed by atoms with van der Waals surface area (Å²) >= 11 is 0. The summed E-state index contributed by atoms with van der Waals surface area (Å²) in [5.41, 5.74) is 4.26. The molecular formula is C31H42N4O3Si. The number of imidazole rings is 1. The SMILES string of the molecule is CN(Cc1ccccc1)[C@H](c1ccnc2nc3ccccc3n12)[C@H](O[Si](C)(C)C(C)(C)C)[C@H]1COC(C)(C)O1. The molecule has 0 radical (unpaired) electrons. The standard InChI is InChI=1S/C31H42N4O3Si/c1-30(2,3)39(7,8)38-28(26-21-36-31(4,5)37-26)27(34(6)20-22-14-10-9-11-15-22)25-18-19-32-29-33-23-16-12-13-17-24(23)35(25)29/h9-19,26-28H,20-21H2,1-8H3/t26-,27-,28-/m1/s1. The first-order chi connectivity index (χ1) is 18.4. The Hall–Kier alpha value is -2.62. The minimum atomic E-state index is -2.22. The van der Waals surface area contributed by atoms with Crippen LogP contribution < -0.4 is 0 Å². The molecule has 1 aliphatic rings. The third kappa shape index (κ3) is 5.67. The molecule has 2 aromatic heterocycles. The molecule has 0 unspecified atom stereocenters. The molecule has 1 fully saturated rings. The molecule has 1 saturated heterocycles. The molecule has 0 saturated carbocycles. The molecule has 5 rings (SSSR count). The summed E-state index contributed by atoms with van der Waals surface area (Å²) in [6.45, 7) is 16.6. The van der Waals surface area contributed by atoms with Crippen LogP contribution in [0, 0.1) is 0 Å². The lowest BCUT2D eigenvalue weighted by Crippen LogP contribution is -2.52. The summed E-state index contributed by atoms with van der Waals surface area (Å²) in [7, 11) is -0.0506. The maximum Gasteiger partial charge on any atom is 0.235 e. The van der Waals surface area contributed by atoms with Gasteiger partial charge < -0.3 is 13.9 Å². The quantitative estimate of drug-likeness (QED) is 0.232. The van der Waals surface area contributed by atoms with E-state index in [4.69, 9.17) is 18.9 Å². The lowest BCUT2D eigenvalue weighted by molar-refractivity contribution is -0.155. The summed E-state index contributed by atoms with van der Waals surface area (Å²) in [6.07, 6.45) is 1.34. The molecule has 0 aliphatic carbocycles. The number of hydrogen-bond acceptors (Lipinski definition) is 6. The highest BCUT2D eigenvalue weighted by Gasteiger charge is 2.48. The minimum absolute atomic E-state index is 0.0258. The fourth-order valence-electron chi connectivity index (χ4n) is 5.19. The molecule has 8 heteroatoms. The molecule has 0 bridgehead atoms. The van der Waals surface area contributed by atoms with Gasteiger partial charge in [-0.3, -0.25) is 9.30 Å². The highest BCUT2D eigenvalue weighted by molar-refractivity contribution is 6.74. The Balaban J connectivity index is 1.70. The van der Waals surface area contributed by atoms with Crippen LogP contribution in [0.1, 0.15) is 51.9 Å². The van der Waals surface area contributed by atoms with Gasteiger partial charge in [0.15, 0.2) is 14.1 Å². The van der Waals surface area contributed by atoms with Crippen LogP contribution in [0.15, 0.2) is 66.9 Å². The Labute approximate surface area is 233 Å². The van der Waals surface area contributed by atoms with Crippen LogP contribution in [-0.4, -0.2) is 59.2 Å². The molecule has 208 valence electrons. The van der Waals surface area contributed by atoms with Gasteiger partial charge in [0.05, 0.1) is 29.8 Å². The van der Waals surface area contributed by atoms with Crippen molar-refractivity contribution in [1.82, 2.24) is 19.3 Å². The van der Waals surface area contributed by atoms with Gasteiger partial charge in [0, 0.05) is 18.4 Å². The Kier molecular flexibility index (Phi) is 7.45. The van der Waals surface area contributed by atoms with Gasteiger partial charge in [-0.05, 0) is 62.8 Å². The Morgan fingerprint density at radius 3 is 2.44 bits per heavy atom. The zero-order chi connectivity index (χ0) is 28.0. The maximum absolute atomic E-state index is 7.33. The van der Waals surface area contributed by atoms with Crippen molar-refractivity contribution >= 4 is 25.1 Å². The predicted molar refractivity (Wildman–Crippen MR) is 158 cm³/mol. The van der Waals surface area contributed by atoms with Gasteiger partial charge in [0.25, 0.3) is 0 Å². The minimum Gasteiger partial charge on any atom is -0.409 e. The fraction of sp³-hybridized carbons (Fsp3) is 0.484. The van der Waals surface area contributed by atoms with Crippen molar-refractivity contribution in [3.63, 3.8) is 0 Å². The first-order valence-corrected chi connectivity index (χ1v) is 16.7. The third-order valence-corrected chi connectivity index (χ3v) is 12.7. The monoisotopic (exact) mass is 546 g/mol. The molecule has 0 spiro atoms. The largest absolute Gasteiger partial charge is 0.409 e. The first kappa shape index (κ1) is 27.9. The topological polar surface area (TPSA) is 61.1 Å². The van der Waals surface area contributed by atoms with Gasteiger partial charge in [0.1, 0.15) is 6.10 Å². The van der Waals surface area contributed by atoms with Crippen LogP contribution in [0.2, 0.25) is 18.1 Å². The fourth-order valence-corrected chi connectivity index (χ4v) is 6.51. The van der Waals surface area contributed by atoms with Gasteiger partial charge in [-0.25, -0.2) is 9.97 Å². The van der Waals surface area contributed by atoms with E-state index in [0.29, 0.717) is 12.4 Å². The summed E-state index contributed by atoms with van der Waals surface area (Å²) in [6, 6.07) is 20.7. The van der Waals surface area contributed by atoms with Crippen LogP contribution in [-0.2, 0) is 20.4 Å². The van der Waals surface area contributed by atoms with Crippen molar-refractivity contribution in [3.05, 3.63) is 78.1 Å². The molecule has 0 amide bonds. The molecule has 3 atom stereocenters. The normalized spacial score (nSPS) is 19.7. The average Bonchev–Trinajstić information content (AvgIpc) is 3.43. The van der Waals surface area contributed by atoms with Gasteiger partial charge in [-0.2, -0.15) is 0 Å². The highest BCUT2D eigenvalue weighted by atomic mass is 28.4. The lowest BCUT2D eigenvalue weighted by atomic mass is 9.99. The predicted octanol–water partition coefficient (Wildman–Crippen LogP) is 6.60. The van der Waals surface area contributed by atoms with Crippen molar-refractivity contribution in [2.24, 2.45) is 0 Å². The first-order valence-electron chi connectivity index (χ1n) is 13.8. The van der Waals surface area contributed by atoms with Gasteiger partial charge in [0.2, 0.25) is 5.78 Å². The number of benzene rings is 2. The van der Waals surface area contributed by atoms with Crippen molar-refractivity contribution in [3.8, 4) is 0 Å².